The molecule has 0 spiro atoms. The average molecular weight is 369 g/mol. The fraction of sp³-hybridized carbons (Fsp3) is 0. The van der Waals surface area contributed by atoms with E-state index in [9.17, 15) is 17.2 Å². The minimum absolute atomic E-state index is 0.230. The lowest BCUT2D eigenvalue weighted by atomic mass is 10.2. The molecule has 0 heterocycles. The zero-order valence-corrected chi connectivity index (χ0v) is 14.2. The highest BCUT2D eigenvalue weighted by Gasteiger charge is 2.19. The average Bonchev–Trinajstić information content (AvgIpc) is 2.60. The van der Waals surface area contributed by atoms with E-state index in [4.69, 9.17) is 0 Å². The van der Waals surface area contributed by atoms with Crippen LogP contribution in [0, 0.1) is 23.5 Å². The largest absolute Gasteiger partial charge is 0.279 e. The Bertz CT molecular complexity index is 1100. The highest BCUT2D eigenvalue weighted by Crippen LogP contribution is 2.20. The number of hydrogen-bond acceptors (Lipinski definition) is 2. The molecule has 3 aromatic carbocycles. The SMILES string of the molecule is O=S(=O)(Nc1cccc(C#Cc2ccccc2)c1)c1ccc(F)cc1F. The van der Waals surface area contributed by atoms with Crippen molar-refractivity contribution in [2.75, 3.05) is 4.72 Å². The smallest absolute Gasteiger partial charge is 0.264 e. The number of rotatable bonds is 3. The first-order chi connectivity index (χ1) is 12.4. The van der Waals surface area contributed by atoms with Gasteiger partial charge in [-0.05, 0) is 42.5 Å². The third kappa shape index (κ3) is 4.26. The second-order valence-electron chi connectivity index (χ2n) is 5.38. The van der Waals surface area contributed by atoms with Crippen LogP contribution >= 0.6 is 0 Å². The number of halogens is 2. The van der Waals surface area contributed by atoms with Gasteiger partial charge in [0.05, 0.1) is 5.69 Å². The number of anilines is 1. The quantitative estimate of drug-likeness (QED) is 0.705. The molecule has 0 radical (unpaired) electrons. The molecule has 0 unspecified atom stereocenters. The standard InChI is InChI=1S/C20H13F2NO2S/c21-17-11-12-20(19(22)14-17)26(24,25)23-18-8-4-7-16(13-18)10-9-15-5-2-1-3-6-15/h1-8,11-14,23H. The zero-order valence-electron chi connectivity index (χ0n) is 13.4. The molecule has 0 bridgehead atoms. The molecule has 1 N–H and O–H groups in total. The Morgan fingerprint density at radius 2 is 1.46 bits per heavy atom. The Labute approximate surface area is 150 Å². The van der Waals surface area contributed by atoms with Gasteiger partial charge in [0.25, 0.3) is 10.0 Å². The molecule has 3 nitrogen and oxygen atoms in total. The summed E-state index contributed by atoms with van der Waals surface area (Å²) in [5.74, 6) is 3.90. The molecular weight excluding hydrogens is 356 g/mol. The third-order valence-corrected chi connectivity index (χ3v) is 4.84. The molecule has 6 heteroatoms. The van der Waals surface area contributed by atoms with Gasteiger partial charge in [-0.1, -0.05) is 36.1 Å². The van der Waals surface area contributed by atoms with E-state index < -0.39 is 26.6 Å². The lowest BCUT2D eigenvalue weighted by Crippen LogP contribution is -2.14. The van der Waals surface area contributed by atoms with Crippen molar-refractivity contribution in [2.45, 2.75) is 4.90 Å². The van der Waals surface area contributed by atoms with Crippen LogP contribution in [-0.2, 0) is 10.0 Å². The maximum Gasteiger partial charge on any atom is 0.264 e. The van der Waals surface area contributed by atoms with E-state index in [2.05, 4.69) is 16.6 Å². The van der Waals surface area contributed by atoms with E-state index in [1.807, 2.05) is 30.3 Å². The van der Waals surface area contributed by atoms with Crippen LogP contribution in [0.15, 0.2) is 77.7 Å². The second-order valence-corrected chi connectivity index (χ2v) is 7.03. The van der Waals surface area contributed by atoms with Gasteiger partial charge in [0.15, 0.2) is 0 Å². The molecule has 26 heavy (non-hydrogen) atoms. The minimum Gasteiger partial charge on any atom is -0.279 e. The maximum absolute atomic E-state index is 13.8. The summed E-state index contributed by atoms with van der Waals surface area (Å²) in [7, 11) is -4.18. The summed E-state index contributed by atoms with van der Waals surface area (Å²) in [6, 6.07) is 18.0. The van der Waals surface area contributed by atoms with E-state index in [-0.39, 0.29) is 5.69 Å². The van der Waals surface area contributed by atoms with Crippen LogP contribution in [0.2, 0.25) is 0 Å². The van der Waals surface area contributed by atoms with Gasteiger partial charge in [0, 0.05) is 17.2 Å². The van der Waals surface area contributed by atoms with E-state index in [0.717, 1.165) is 17.7 Å². The highest BCUT2D eigenvalue weighted by atomic mass is 32.2. The van der Waals surface area contributed by atoms with Gasteiger partial charge < -0.3 is 0 Å². The van der Waals surface area contributed by atoms with E-state index in [1.165, 1.54) is 12.1 Å². The number of nitrogens with one attached hydrogen (secondary N) is 1. The summed E-state index contributed by atoms with van der Waals surface area (Å²) < 4.78 is 53.6. The van der Waals surface area contributed by atoms with Gasteiger partial charge in [-0.2, -0.15) is 0 Å². The van der Waals surface area contributed by atoms with Crippen molar-refractivity contribution in [1.82, 2.24) is 0 Å². The first-order valence-electron chi connectivity index (χ1n) is 7.59. The van der Waals surface area contributed by atoms with E-state index >= 15 is 0 Å². The molecule has 0 aliphatic rings. The van der Waals surface area contributed by atoms with Crippen LogP contribution in [-0.4, -0.2) is 8.42 Å². The molecule has 0 atom stereocenters. The van der Waals surface area contributed by atoms with Crippen LogP contribution in [0.5, 0.6) is 0 Å². The van der Waals surface area contributed by atoms with Crippen molar-refractivity contribution in [2.24, 2.45) is 0 Å². The number of benzene rings is 3. The summed E-state index contributed by atoms with van der Waals surface area (Å²) in [5.41, 5.74) is 1.65. The Balaban J connectivity index is 1.86. The van der Waals surface area contributed by atoms with Crippen LogP contribution in [0.1, 0.15) is 11.1 Å². The van der Waals surface area contributed by atoms with Gasteiger partial charge in [-0.25, -0.2) is 17.2 Å². The predicted octanol–water partition coefficient (Wildman–Crippen LogP) is 4.17. The summed E-state index contributed by atoms with van der Waals surface area (Å²) >= 11 is 0. The molecule has 0 amide bonds. The number of sulfonamides is 1. The molecule has 3 aromatic rings. The maximum atomic E-state index is 13.8. The Morgan fingerprint density at radius 3 is 2.19 bits per heavy atom. The summed E-state index contributed by atoms with van der Waals surface area (Å²) in [6.07, 6.45) is 0. The number of hydrogen-bond donors (Lipinski definition) is 1. The van der Waals surface area contributed by atoms with Crippen molar-refractivity contribution < 1.29 is 17.2 Å². The lowest BCUT2D eigenvalue weighted by Gasteiger charge is -2.09. The Hall–Kier alpha value is -3.17. The minimum atomic E-state index is -4.18. The third-order valence-electron chi connectivity index (χ3n) is 3.42. The lowest BCUT2D eigenvalue weighted by molar-refractivity contribution is 0.551. The summed E-state index contributed by atoms with van der Waals surface area (Å²) in [5, 5.41) is 0. The molecule has 0 fully saturated rings. The fourth-order valence-electron chi connectivity index (χ4n) is 2.23. The van der Waals surface area contributed by atoms with Crippen molar-refractivity contribution in [1.29, 1.82) is 0 Å². The van der Waals surface area contributed by atoms with Crippen molar-refractivity contribution in [3.63, 3.8) is 0 Å². The van der Waals surface area contributed by atoms with E-state index in [0.29, 0.717) is 11.6 Å². The fourth-order valence-corrected chi connectivity index (χ4v) is 3.34. The Morgan fingerprint density at radius 1 is 0.769 bits per heavy atom. The van der Waals surface area contributed by atoms with Gasteiger partial charge in [0.2, 0.25) is 0 Å². The molecule has 0 saturated heterocycles. The second kappa shape index (κ2) is 7.38. The van der Waals surface area contributed by atoms with Gasteiger partial charge in [-0.15, -0.1) is 0 Å². The predicted molar refractivity (Wildman–Crippen MR) is 96.0 cm³/mol. The van der Waals surface area contributed by atoms with Gasteiger partial charge in [0.1, 0.15) is 16.5 Å². The molecule has 3 rings (SSSR count). The van der Waals surface area contributed by atoms with Gasteiger partial charge >= 0.3 is 0 Å². The van der Waals surface area contributed by atoms with Crippen LogP contribution in [0.3, 0.4) is 0 Å². The monoisotopic (exact) mass is 369 g/mol. The van der Waals surface area contributed by atoms with Crippen LogP contribution < -0.4 is 4.72 Å². The molecule has 0 aliphatic heterocycles. The highest BCUT2D eigenvalue weighted by molar-refractivity contribution is 7.92. The molecule has 0 saturated carbocycles. The molecular formula is C20H13F2NO2S. The van der Waals surface area contributed by atoms with Crippen molar-refractivity contribution in [3.05, 3.63) is 95.6 Å². The summed E-state index contributed by atoms with van der Waals surface area (Å²) in [4.78, 5) is -0.625. The molecule has 130 valence electrons. The van der Waals surface area contributed by atoms with Crippen LogP contribution in [0.25, 0.3) is 0 Å². The normalized spacial score (nSPS) is 10.7. The zero-order chi connectivity index (χ0) is 18.6. The van der Waals surface area contributed by atoms with E-state index in [1.54, 1.807) is 12.1 Å². The summed E-state index contributed by atoms with van der Waals surface area (Å²) in [6.45, 7) is 0. The molecule has 0 aliphatic carbocycles. The Kier molecular flexibility index (Phi) is 5.01. The first-order valence-corrected chi connectivity index (χ1v) is 9.07. The van der Waals surface area contributed by atoms with Crippen molar-refractivity contribution in [3.8, 4) is 11.8 Å². The topological polar surface area (TPSA) is 46.2 Å². The van der Waals surface area contributed by atoms with Crippen molar-refractivity contribution >= 4 is 15.7 Å². The first kappa shape index (κ1) is 17.6. The molecule has 0 aromatic heterocycles. The van der Waals surface area contributed by atoms with Gasteiger partial charge in [-0.3, -0.25) is 4.72 Å². The van der Waals surface area contributed by atoms with Crippen LogP contribution in [0.4, 0.5) is 14.5 Å².